The molecule has 3 aromatic rings. The van der Waals surface area contributed by atoms with E-state index in [2.05, 4.69) is 5.32 Å². The van der Waals surface area contributed by atoms with Crippen LogP contribution < -0.4 is 10.1 Å². The van der Waals surface area contributed by atoms with Gasteiger partial charge in [-0.05, 0) is 36.4 Å². The van der Waals surface area contributed by atoms with E-state index in [0.717, 1.165) is 3.97 Å². The van der Waals surface area contributed by atoms with Crippen LogP contribution in [0.15, 0.2) is 53.6 Å². The highest BCUT2D eigenvalue weighted by atomic mass is 32.2. The normalized spacial score (nSPS) is 11.5. The van der Waals surface area contributed by atoms with Crippen LogP contribution in [-0.4, -0.2) is 44.7 Å². The maximum atomic E-state index is 13.1. The third kappa shape index (κ3) is 3.51. The summed E-state index contributed by atoms with van der Waals surface area (Å²) in [6.45, 7) is 0.906. The molecule has 0 amide bonds. The van der Waals surface area contributed by atoms with Gasteiger partial charge < -0.3 is 14.8 Å². The highest BCUT2D eigenvalue weighted by Crippen LogP contribution is 2.34. The van der Waals surface area contributed by atoms with Crippen LogP contribution in [0.2, 0.25) is 0 Å². The van der Waals surface area contributed by atoms with Crippen LogP contribution >= 0.6 is 0 Å². The average molecular weight is 405 g/mol. The molecule has 28 heavy (non-hydrogen) atoms. The molecular weight excluding hydrogens is 386 g/mol. The van der Waals surface area contributed by atoms with E-state index in [0.29, 0.717) is 30.0 Å². The highest BCUT2D eigenvalue weighted by molar-refractivity contribution is 7.90. The number of hydrogen-bond acceptors (Lipinski definition) is 7. The number of nitro groups is 1. The zero-order valence-electron chi connectivity index (χ0n) is 15.3. The molecule has 1 N–H and O–H groups in total. The van der Waals surface area contributed by atoms with Crippen molar-refractivity contribution in [2.75, 3.05) is 32.7 Å². The molecular formula is C18H19N3O6S. The minimum atomic E-state index is -4.04. The van der Waals surface area contributed by atoms with E-state index in [1.54, 1.807) is 19.2 Å². The van der Waals surface area contributed by atoms with E-state index in [1.165, 1.54) is 43.6 Å². The number of hydrogen-bond donors (Lipinski definition) is 1. The fourth-order valence-electron chi connectivity index (χ4n) is 2.86. The van der Waals surface area contributed by atoms with Gasteiger partial charge in [0.2, 0.25) is 0 Å². The third-order valence-electron chi connectivity index (χ3n) is 4.23. The molecule has 0 aliphatic rings. The van der Waals surface area contributed by atoms with Gasteiger partial charge in [0.05, 0.1) is 23.5 Å². The molecule has 0 unspecified atom stereocenters. The smallest absolute Gasteiger partial charge is 0.294 e. The second kappa shape index (κ2) is 7.87. The molecule has 3 rings (SSSR count). The molecule has 0 fully saturated rings. The first-order chi connectivity index (χ1) is 13.4. The highest BCUT2D eigenvalue weighted by Gasteiger charge is 2.26. The average Bonchev–Trinajstić information content (AvgIpc) is 3.14. The van der Waals surface area contributed by atoms with Gasteiger partial charge in [0.25, 0.3) is 15.7 Å². The number of benzene rings is 2. The predicted octanol–water partition coefficient (Wildman–Crippen LogP) is 2.85. The van der Waals surface area contributed by atoms with Crippen molar-refractivity contribution in [1.29, 1.82) is 0 Å². The van der Waals surface area contributed by atoms with Gasteiger partial charge in [0.15, 0.2) is 0 Å². The zero-order valence-corrected chi connectivity index (χ0v) is 16.1. The molecule has 10 heteroatoms. The standard InChI is InChI=1S/C18H19N3O6S/c1-26-12-10-19-16-7-8-17(21(22)23)18-15(16)9-11-20(18)28(24,25)14-5-3-13(27-2)4-6-14/h3-9,11,19H,10,12H2,1-2H3. The number of aromatic nitrogens is 1. The van der Waals surface area contributed by atoms with Gasteiger partial charge in [-0.2, -0.15) is 0 Å². The lowest BCUT2D eigenvalue weighted by molar-refractivity contribution is -0.383. The van der Waals surface area contributed by atoms with E-state index >= 15 is 0 Å². The molecule has 0 saturated heterocycles. The first-order valence-electron chi connectivity index (χ1n) is 8.31. The first-order valence-corrected chi connectivity index (χ1v) is 9.75. The van der Waals surface area contributed by atoms with Gasteiger partial charge in [-0.1, -0.05) is 0 Å². The van der Waals surface area contributed by atoms with Gasteiger partial charge in [0, 0.05) is 37.0 Å². The molecule has 0 saturated carbocycles. The van der Waals surface area contributed by atoms with Crippen LogP contribution in [-0.2, 0) is 14.8 Å². The predicted molar refractivity (Wildman–Crippen MR) is 105 cm³/mol. The van der Waals surface area contributed by atoms with Crippen molar-refractivity contribution < 1.29 is 22.8 Å². The van der Waals surface area contributed by atoms with Gasteiger partial charge >= 0.3 is 0 Å². The summed E-state index contributed by atoms with van der Waals surface area (Å²) in [6, 6.07) is 10.2. The molecule has 2 aromatic carbocycles. The van der Waals surface area contributed by atoms with Gasteiger partial charge in [-0.3, -0.25) is 10.1 Å². The number of methoxy groups -OCH3 is 2. The fourth-order valence-corrected chi connectivity index (χ4v) is 4.22. The van der Waals surface area contributed by atoms with Crippen molar-refractivity contribution in [1.82, 2.24) is 3.97 Å². The molecule has 148 valence electrons. The molecule has 1 heterocycles. The van der Waals surface area contributed by atoms with Crippen LogP contribution in [0.1, 0.15) is 0 Å². The number of nitrogens with zero attached hydrogens (tertiary/aromatic N) is 2. The third-order valence-corrected chi connectivity index (χ3v) is 5.92. The molecule has 0 aliphatic heterocycles. The summed E-state index contributed by atoms with van der Waals surface area (Å²) in [5.74, 6) is 0.506. The minimum Gasteiger partial charge on any atom is -0.497 e. The number of fused-ring (bicyclic) bond motifs is 1. The van der Waals surface area contributed by atoms with Crippen LogP contribution in [0, 0.1) is 10.1 Å². The molecule has 0 bridgehead atoms. The van der Waals surface area contributed by atoms with Crippen LogP contribution in [0.5, 0.6) is 5.75 Å². The van der Waals surface area contributed by atoms with Gasteiger partial charge in [0.1, 0.15) is 11.3 Å². The Kier molecular flexibility index (Phi) is 5.52. The lowest BCUT2D eigenvalue weighted by atomic mass is 10.2. The van der Waals surface area contributed by atoms with Crippen molar-refractivity contribution in [2.45, 2.75) is 4.90 Å². The Morgan fingerprint density at radius 2 is 1.82 bits per heavy atom. The summed E-state index contributed by atoms with van der Waals surface area (Å²) in [6.07, 6.45) is 1.32. The van der Waals surface area contributed by atoms with Crippen molar-refractivity contribution in [3.63, 3.8) is 0 Å². The van der Waals surface area contributed by atoms with Crippen molar-refractivity contribution >= 4 is 32.3 Å². The number of anilines is 1. The minimum absolute atomic E-state index is 0.00200. The van der Waals surface area contributed by atoms with Crippen molar-refractivity contribution in [2.24, 2.45) is 0 Å². The van der Waals surface area contributed by atoms with Crippen LogP contribution in [0.25, 0.3) is 10.9 Å². The molecule has 1 aromatic heterocycles. The SMILES string of the molecule is COCCNc1ccc([N+](=O)[O-])c2c1ccn2S(=O)(=O)c1ccc(OC)cc1. The number of ether oxygens (including phenoxy) is 2. The topological polar surface area (TPSA) is 113 Å². The Morgan fingerprint density at radius 1 is 1.11 bits per heavy atom. The van der Waals surface area contributed by atoms with Crippen LogP contribution in [0.4, 0.5) is 11.4 Å². The largest absolute Gasteiger partial charge is 0.497 e. The maximum absolute atomic E-state index is 13.1. The van der Waals surface area contributed by atoms with Crippen molar-refractivity contribution in [3.05, 3.63) is 58.8 Å². The second-order valence-corrected chi connectivity index (χ2v) is 7.68. The summed E-state index contributed by atoms with van der Waals surface area (Å²) >= 11 is 0. The molecule has 0 radical (unpaired) electrons. The van der Waals surface area contributed by atoms with E-state index < -0.39 is 14.9 Å². The molecule has 9 nitrogen and oxygen atoms in total. The second-order valence-electron chi connectivity index (χ2n) is 5.86. The summed E-state index contributed by atoms with van der Waals surface area (Å²) in [5.41, 5.74) is 0.291. The number of nitro benzene ring substituents is 1. The lowest BCUT2D eigenvalue weighted by Gasteiger charge is -2.11. The number of non-ortho nitro benzene ring substituents is 1. The number of nitrogens with one attached hydrogen (secondary N) is 1. The molecule has 0 aliphatic carbocycles. The summed E-state index contributed by atoms with van der Waals surface area (Å²) < 4.78 is 37.2. The summed E-state index contributed by atoms with van der Waals surface area (Å²) in [4.78, 5) is 10.9. The summed E-state index contributed by atoms with van der Waals surface area (Å²) in [7, 11) is -1.00. The Balaban J connectivity index is 2.17. The summed E-state index contributed by atoms with van der Waals surface area (Å²) in [5, 5.41) is 15.1. The maximum Gasteiger partial charge on any atom is 0.294 e. The quantitative estimate of drug-likeness (QED) is 0.348. The Labute approximate surface area is 161 Å². The molecule has 0 spiro atoms. The van der Waals surface area contributed by atoms with E-state index in [-0.39, 0.29) is 16.1 Å². The monoisotopic (exact) mass is 405 g/mol. The van der Waals surface area contributed by atoms with Gasteiger partial charge in [-0.25, -0.2) is 12.4 Å². The number of rotatable bonds is 8. The van der Waals surface area contributed by atoms with Crippen molar-refractivity contribution in [3.8, 4) is 5.75 Å². The Hall–Kier alpha value is -3.11. The zero-order chi connectivity index (χ0) is 20.3. The van der Waals surface area contributed by atoms with Crippen LogP contribution in [0.3, 0.4) is 0 Å². The lowest BCUT2D eigenvalue weighted by Crippen LogP contribution is -2.13. The first kappa shape index (κ1) is 19.6. The van der Waals surface area contributed by atoms with E-state index in [1.807, 2.05) is 0 Å². The Morgan fingerprint density at radius 3 is 2.43 bits per heavy atom. The Bertz CT molecular complexity index is 1110. The fraction of sp³-hybridized carbons (Fsp3) is 0.222. The van der Waals surface area contributed by atoms with E-state index in [4.69, 9.17) is 9.47 Å². The van der Waals surface area contributed by atoms with E-state index in [9.17, 15) is 18.5 Å². The van der Waals surface area contributed by atoms with Gasteiger partial charge in [-0.15, -0.1) is 0 Å². The molecule has 0 atom stereocenters.